The highest BCUT2D eigenvalue weighted by atomic mass is 19.1. The number of hydrogen-bond acceptors (Lipinski definition) is 4. The molecule has 1 aliphatic rings. The predicted molar refractivity (Wildman–Crippen MR) is 90.5 cm³/mol. The van der Waals surface area contributed by atoms with Gasteiger partial charge in [-0.15, -0.1) is 0 Å². The zero-order valence-electron chi connectivity index (χ0n) is 13.5. The zero-order chi connectivity index (χ0) is 17.8. The summed E-state index contributed by atoms with van der Waals surface area (Å²) in [6.07, 6.45) is 0.157. The highest BCUT2D eigenvalue weighted by Crippen LogP contribution is 2.24. The number of nitro benzene ring substituents is 1. The number of rotatable bonds is 4. The Hall–Kier alpha value is -2.80. The van der Waals surface area contributed by atoms with Crippen molar-refractivity contribution in [3.8, 4) is 0 Å². The van der Waals surface area contributed by atoms with Crippen LogP contribution in [0.2, 0.25) is 0 Å². The predicted octanol–water partition coefficient (Wildman–Crippen LogP) is 2.45. The fraction of sp³-hybridized carbons (Fsp3) is 0.278. The van der Waals surface area contributed by atoms with Crippen LogP contribution < -0.4 is 5.32 Å². The minimum atomic E-state index is -0.470. The molecule has 1 amide bonds. The third-order valence-corrected chi connectivity index (χ3v) is 4.30. The summed E-state index contributed by atoms with van der Waals surface area (Å²) in [5.74, 6) is -0.407. The molecule has 0 aromatic heterocycles. The van der Waals surface area contributed by atoms with E-state index >= 15 is 0 Å². The molecule has 6 nitrogen and oxygen atoms in total. The monoisotopic (exact) mass is 343 g/mol. The van der Waals surface area contributed by atoms with Gasteiger partial charge < -0.3 is 10.2 Å². The van der Waals surface area contributed by atoms with E-state index in [9.17, 15) is 19.3 Å². The van der Waals surface area contributed by atoms with Crippen LogP contribution in [-0.2, 0) is 11.2 Å². The Morgan fingerprint density at radius 2 is 2.04 bits per heavy atom. The van der Waals surface area contributed by atoms with Crippen molar-refractivity contribution in [2.75, 3.05) is 19.6 Å². The van der Waals surface area contributed by atoms with E-state index in [0.717, 1.165) is 5.56 Å². The second-order valence-corrected chi connectivity index (χ2v) is 5.96. The molecule has 3 rings (SSSR count). The standard InChI is InChI=1S/C18H18FN3O3/c19-15-3-1-2-14(11-15)17-12-20-8-9-21(17)18(23)10-13-4-6-16(7-5-13)22(24)25/h1-7,11,17,20H,8-10,12H2. The van der Waals surface area contributed by atoms with Crippen molar-refractivity contribution >= 4 is 11.6 Å². The number of amides is 1. The number of halogens is 1. The Morgan fingerprint density at radius 3 is 2.72 bits per heavy atom. The summed E-state index contributed by atoms with van der Waals surface area (Å²) in [4.78, 5) is 24.7. The normalized spacial score (nSPS) is 17.3. The Kier molecular flexibility index (Phi) is 5.04. The van der Waals surface area contributed by atoms with Crippen molar-refractivity contribution in [3.63, 3.8) is 0 Å². The number of non-ortho nitro benzene ring substituents is 1. The van der Waals surface area contributed by atoms with Gasteiger partial charge >= 0.3 is 0 Å². The van der Waals surface area contributed by atoms with E-state index in [1.165, 1.54) is 24.3 Å². The van der Waals surface area contributed by atoms with Crippen molar-refractivity contribution in [1.29, 1.82) is 0 Å². The SMILES string of the molecule is O=C(Cc1ccc([N+](=O)[O-])cc1)N1CCNCC1c1cccc(F)c1. The second-order valence-electron chi connectivity index (χ2n) is 5.96. The number of nitro groups is 1. The zero-order valence-corrected chi connectivity index (χ0v) is 13.5. The summed E-state index contributed by atoms with van der Waals surface area (Å²) >= 11 is 0. The quantitative estimate of drug-likeness (QED) is 0.683. The van der Waals surface area contributed by atoms with Gasteiger partial charge in [0.15, 0.2) is 0 Å². The fourth-order valence-corrected chi connectivity index (χ4v) is 3.03. The van der Waals surface area contributed by atoms with E-state index in [4.69, 9.17) is 0 Å². The van der Waals surface area contributed by atoms with Crippen LogP contribution >= 0.6 is 0 Å². The van der Waals surface area contributed by atoms with Gasteiger partial charge in [0.05, 0.1) is 17.4 Å². The average molecular weight is 343 g/mol. The first-order chi connectivity index (χ1) is 12.0. The molecule has 0 radical (unpaired) electrons. The molecule has 130 valence electrons. The summed E-state index contributed by atoms with van der Waals surface area (Å²) in [6, 6.07) is 12.0. The molecule has 1 heterocycles. The molecule has 1 N–H and O–H groups in total. The molecular formula is C18H18FN3O3. The van der Waals surface area contributed by atoms with Gasteiger partial charge in [-0.05, 0) is 23.3 Å². The fourth-order valence-electron chi connectivity index (χ4n) is 3.03. The van der Waals surface area contributed by atoms with E-state index in [0.29, 0.717) is 25.2 Å². The highest BCUT2D eigenvalue weighted by molar-refractivity contribution is 5.79. The molecule has 2 aromatic carbocycles. The summed E-state index contributed by atoms with van der Waals surface area (Å²) in [5.41, 5.74) is 1.47. The lowest BCUT2D eigenvalue weighted by Gasteiger charge is -2.36. The summed E-state index contributed by atoms with van der Waals surface area (Å²) in [7, 11) is 0. The van der Waals surface area contributed by atoms with Crippen LogP contribution in [0.4, 0.5) is 10.1 Å². The minimum absolute atomic E-state index is 0.00370. The van der Waals surface area contributed by atoms with Crippen molar-refractivity contribution < 1.29 is 14.1 Å². The van der Waals surface area contributed by atoms with Crippen molar-refractivity contribution in [3.05, 3.63) is 75.6 Å². The van der Waals surface area contributed by atoms with E-state index in [1.807, 2.05) is 6.07 Å². The van der Waals surface area contributed by atoms with Crippen LogP contribution in [-0.4, -0.2) is 35.4 Å². The van der Waals surface area contributed by atoms with E-state index in [1.54, 1.807) is 23.1 Å². The van der Waals surface area contributed by atoms with Gasteiger partial charge in [0.2, 0.25) is 5.91 Å². The second kappa shape index (κ2) is 7.40. The molecule has 0 aliphatic carbocycles. The van der Waals surface area contributed by atoms with Gasteiger partial charge in [0.25, 0.3) is 5.69 Å². The van der Waals surface area contributed by atoms with Gasteiger partial charge in [0.1, 0.15) is 5.82 Å². The number of carbonyl (C=O) groups is 1. The maximum absolute atomic E-state index is 13.5. The number of piperazine rings is 1. The molecule has 0 saturated carbocycles. The molecule has 0 bridgehead atoms. The minimum Gasteiger partial charge on any atom is -0.333 e. The van der Waals surface area contributed by atoms with Gasteiger partial charge in [-0.1, -0.05) is 24.3 Å². The Bertz CT molecular complexity index is 779. The van der Waals surface area contributed by atoms with Crippen molar-refractivity contribution in [1.82, 2.24) is 10.2 Å². The van der Waals surface area contributed by atoms with Crippen LogP contribution in [0.3, 0.4) is 0 Å². The number of nitrogens with zero attached hydrogens (tertiary/aromatic N) is 2. The topological polar surface area (TPSA) is 75.5 Å². The molecular weight excluding hydrogens is 325 g/mol. The molecule has 1 aliphatic heterocycles. The van der Waals surface area contributed by atoms with Crippen LogP contribution in [0.25, 0.3) is 0 Å². The van der Waals surface area contributed by atoms with Crippen LogP contribution in [0.15, 0.2) is 48.5 Å². The lowest BCUT2D eigenvalue weighted by molar-refractivity contribution is -0.384. The molecule has 1 unspecified atom stereocenters. The lowest BCUT2D eigenvalue weighted by Crippen LogP contribution is -2.49. The van der Waals surface area contributed by atoms with Gasteiger partial charge in [0, 0.05) is 31.8 Å². The maximum Gasteiger partial charge on any atom is 0.269 e. The Balaban J connectivity index is 1.75. The third-order valence-electron chi connectivity index (χ3n) is 4.30. The molecule has 1 saturated heterocycles. The molecule has 25 heavy (non-hydrogen) atoms. The third kappa shape index (κ3) is 4.00. The van der Waals surface area contributed by atoms with E-state index in [2.05, 4.69) is 5.32 Å². The number of carbonyl (C=O) groups excluding carboxylic acids is 1. The van der Waals surface area contributed by atoms with Crippen LogP contribution in [0.1, 0.15) is 17.2 Å². The highest BCUT2D eigenvalue weighted by Gasteiger charge is 2.28. The maximum atomic E-state index is 13.5. The molecule has 2 aromatic rings. The largest absolute Gasteiger partial charge is 0.333 e. The van der Waals surface area contributed by atoms with Gasteiger partial charge in [-0.2, -0.15) is 0 Å². The smallest absolute Gasteiger partial charge is 0.269 e. The summed E-state index contributed by atoms with van der Waals surface area (Å²) in [5, 5.41) is 13.9. The molecule has 1 atom stereocenters. The molecule has 1 fully saturated rings. The first-order valence-electron chi connectivity index (χ1n) is 8.03. The Morgan fingerprint density at radius 1 is 1.28 bits per heavy atom. The van der Waals surface area contributed by atoms with Crippen molar-refractivity contribution in [2.45, 2.75) is 12.5 Å². The molecule has 7 heteroatoms. The van der Waals surface area contributed by atoms with Gasteiger partial charge in [-0.25, -0.2) is 4.39 Å². The number of benzene rings is 2. The number of hydrogen-bond donors (Lipinski definition) is 1. The first kappa shape index (κ1) is 17.0. The van der Waals surface area contributed by atoms with Crippen LogP contribution in [0.5, 0.6) is 0 Å². The molecule has 0 spiro atoms. The average Bonchev–Trinajstić information content (AvgIpc) is 2.62. The van der Waals surface area contributed by atoms with E-state index < -0.39 is 4.92 Å². The lowest BCUT2D eigenvalue weighted by atomic mass is 10.0. The number of nitrogens with one attached hydrogen (secondary N) is 1. The summed E-state index contributed by atoms with van der Waals surface area (Å²) < 4.78 is 13.5. The Labute approximate surface area is 144 Å². The summed E-state index contributed by atoms with van der Waals surface area (Å²) in [6.45, 7) is 1.78. The first-order valence-corrected chi connectivity index (χ1v) is 8.03. The van der Waals surface area contributed by atoms with Crippen LogP contribution in [0, 0.1) is 15.9 Å². The van der Waals surface area contributed by atoms with Gasteiger partial charge in [-0.3, -0.25) is 14.9 Å². The van der Waals surface area contributed by atoms with E-state index in [-0.39, 0.29) is 29.9 Å². The van der Waals surface area contributed by atoms with Crippen molar-refractivity contribution in [2.24, 2.45) is 0 Å².